The third-order valence-corrected chi connectivity index (χ3v) is 5.82. The molecule has 0 N–H and O–H groups in total. The highest BCUT2D eigenvalue weighted by molar-refractivity contribution is 7.91. The van der Waals surface area contributed by atoms with Crippen molar-refractivity contribution >= 4 is 27.3 Å². The normalized spacial score (nSPS) is 17.7. The second-order valence-electron chi connectivity index (χ2n) is 5.56. The van der Waals surface area contributed by atoms with E-state index in [9.17, 15) is 17.2 Å². The van der Waals surface area contributed by atoms with Crippen LogP contribution in [0.25, 0.3) is 0 Å². The molecule has 2 aromatic rings. The van der Waals surface area contributed by atoms with Crippen LogP contribution in [0.15, 0.2) is 52.4 Å². The van der Waals surface area contributed by atoms with Gasteiger partial charge in [-0.2, -0.15) is 0 Å². The van der Waals surface area contributed by atoms with Crippen molar-refractivity contribution in [2.24, 2.45) is 4.99 Å². The molecule has 1 aliphatic rings. The predicted octanol–water partition coefficient (Wildman–Crippen LogP) is 3.63. The molecule has 25 heavy (non-hydrogen) atoms. The number of rotatable bonds is 4. The monoisotopic (exact) mass is 385 g/mol. The standard InChI is InChI=1S/C17H14ClF2NO3S/c18-11-4-6-13(7-5-11)25(22,23)10-12-8-9-24-17(21-12)16-14(19)2-1-3-15(16)20/h1-7,12H,8-10H2. The quantitative estimate of drug-likeness (QED) is 0.807. The van der Waals surface area contributed by atoms with Crippen LogP contribution in [0.5, 0.6) is 0 Å². The van der Waals surface area contributed by atoms with E-state index in [-0.39, 0.29) is 28.7 Å². The zero-order valence-corrected chi connectivity index (χ0v) is 14.5. The van der Waals surface area contributed by atoms with Crippen LogP contribution in [0.4, 0.5) is 8.78 Å². The van der Waals surface area contributed by atoms with Gasteiger partial charge in [0.05, 0.1) is 23.3 Å². The Hall–Kier alpha value is -1.99. The lowest BCUT2D eigenvalue weighted by Crippen LogP contribution is -2.29. The van der Waals surface area contributed by atoms with Gasteiger partial charge in [0.15, 0.2) is 9.84 Å². The van der Waals surface area contributed by atoms with E-state index >= 15 is 0 Å². The summed E-state index contributed by atoms with van der Waals surface area (Å²) in [6.07, 6.45) is 0.340. The Kier molecular flexibility index (Phi) is 5.06. The summed E-state index contributed by atoms with van der Waals surface area (Å²) in [5.41, 5.74) is -0.379. The lowest BCUT2D eigenvalue weighted by atomic mass is 10.1. The molecule has 132 valence electrons. The first kappa shape index (κ1) is 17.8. The number of hydrogen-bond donors (Lipinski definition) is 0. The SMILES string of the molecule is O=S(=O)(CC1CCOC(c2c(F)cccc2F)=N1)c1ccc(Cl)cc1. The second-order valence-corrected chi connectivity index (χ2v) is 8.03. The molecule has 3 rings (SSSR count). The summed E-state index contributed by atoms with van der Waals surface area (Å²) < 4.78 is 58.0. The van der Waals surface area contributed by atoms with E-state index in [1.807, 2.05) is 0 Å². The van der Waals surface area contributed by atoms with Crippen LogP contribution in [0.1, 0.15) is 12.0 Å². The van der Waals surface area contributed by atoms with E-state index in [4.69, 9.17) is 16.3 Å². The van der Waals surface area contributed by atoms with Crippen LogP contribution >= 0.6 is 11.6 Å². The van der Waals surface area contributed by atoms with E-state index in [0.717, 1.165) is 12.1 Å². The first-order valence-corrected chi connectivity index (χ1v) is 9.53. The molecule has 0 fully saturated rings. The van der Waals surface area contributed by atoms with E-state index in [0.29, 0.717) is 11.4 Å². The number of aliphatic imine (C=N–C) groups is 1. The molecule has 4 nitrogen and oxygen atoms in total. The highest BCUT2D eigenvalue weighted by Crippen LogP contribution is 2.22. The number of benzene rings is 2. The first-order valence-electron chi connectivity index (χ1n) is 7.50. The summed E-state index contributed by atoms with van der Waals surface area (Å²) >= 11 is 5.77. The fraction of sp³-hybridized carbons (Fsp3) is 0.235. The zero-order chi connectivity index (χ0) is 18.0. The van der Waals surface area contributed by atoms with Crippen molar-refractivity contribution in [3.63, 3.8) is 0 Å². The average molecular weight is 386 g/mol. The van der Waals surface area contributed by atoms with E-state index in [1.54, 1.807) is 0 Å². The highest BCUT2D eigenvalue weighted by atomic mass is 35.5. The number of halogens is 3. The number of sulfone groups is 1. The summed E-state index contributed by atoms with van der Waals surface area (Å²) in [6, 6.07) is 8.58. The third kappa shape index (κ3) is 3.99. The molecule has 0 saturated heterocycles. The van der Waals surface area contributed by atoms with Gasteiger partial charge in [0.25, 0.3) is 0 Å². The molecular formula is C17H14ClF2NO3S. The Morgan fingerprint density at radius 1 is 1.12 bits per heavy atom. The first-order chi connectivity index (χ1) is 11.9. The van der Waals surface area contributed by atoms with Gasteiger partial charge in [-0.05, 0) is 36.4 Å². The Labute approximate surface area is 149 Å². The number of ether oxygens (including phenoxy) is 1. The Morgan fingerprint density at radius 2 is 1.76 bits per heavy atom. The molecule has 0 bridgehead atoms. The topological polar surface area (TPSA) is 55.7 Å². The van der Waals surface area contributed by atoms with Gasteiger partial charge in [-0.1, -0.05) is 17.7 Å². The summed E-state index contributed by atoms with van der Waals surface area (Å²) in [5.74, 6) is -2.10. The van der Waals surface area contributed by atoms with Crippen LogP contribution in [-0.4, -0.2) is 32.7 Å². The minimum atomic E-state index is -3.61. The van der Waals surface area contributed by atoms with Crippen molar-refractivity contribution in [3.8, 4) is 0 Å². The molecule has 8 heteroatoms. The van der Waals surface area contributed by atoms with Crippen molar-refractivity contribution in [1.82, 2.24) is 0 Å². The lowest BCUT2D eigenvalue weighted by molar-refractivity contribution is 0.264. The molecule has 1 heterocycles. The van der Waals surface area contributed by atoms with Gasteiger partial charge in [0.2, 0.25) is 5.90 Å². The van der Waals surface area contributed by atoms with Crippen molar-refractivity contribution in [3.05, 3.63) is 64.7 Å². The molecular weight excluding hydrogens is 372 g/mol. The smallest absolute Gasteiger partial charge is 0.222 e. The molecule has 2 aromatic carbocycles. The van der Waals surface area contributed by atoms with Gasteiger partial charge in [0, 0.05) is 11.4 Å². The number of hydrogen-bond acceptors (Lipinski definition) is 4. The van der Waals surface area contributed by atoms with Gasteiger partial charge in [-0.15, -0.1) is 0 Å². The predicted molar refractivity (Wildman–Crippen MR) is 90.8 cm³/mol. The Bertz CT molecular complexity index is 894. The highest BCUT2D eigenvalue weighted by Gasteiger charge is 2.27. The van der Waals surface area contributed by atoms with Crippen LogP contribution in [0, 0.1) is 11.6 Å². The van der Waals surface area contributed by atoms with Crippen molar-refractivity contribution in [1.29, 1.82) is 0 Å². The summed E-state index contributed by atoms with van der Waals surface area (Å²) in [4.78, 5) is 4.23. The second kappa shape index (κ2) is 7.09. The van der Waals surface area contributed by atoms with Gasteiger partial charge in [-0.25, -0.2) is 22.2 Å². The van der Waals surface area contributed by atoms with Crippen LogP contribution in [0.3, 0.4) is 0 Å². The van der Waals surface area contributed by atoms with Gasteiger partial charge < -0.3 is 4.74 Å². The van der Waals surface area contributed by atoms with E-state index in [2.05, 4.69) is 4.99 Å². The minimum Gasteiger partial charge on any atom is -0.477 e. The zero-order valence-electron chi connectivity index (χ0n) is 13.0. The van der Waals surface area contributed by atoms with Gasteiger partial charge >= 0.3 is 0 Å². The summed E-state index contributed by atoms with van der Waals surface area (Å²) in [7, 11) is -3.61. The fourth-order valence-corrected chi connectivity index (χ4v) is 4.13. The minimum absolute atomic E-state index is 0.122. The molecule has 1 aliphatic heterocycles. The van der Waals surface area contributed by atoms with Crippen molar-refractivity contribution in [2.75, 3.05) is 12.4 Å². The van der Waals surface area contributed by atoms with E-state index in [1.165, 1.54) is 30.3 Å². The lowest BCUT2D eigenvalue weighted by Gasteiger charge is -2.21. The Morgan fingerprint density at radius 3 is 2.40 bits per heavy atom. The average Bonchev–Trinajstić information content (AvgIpc) is 2.55. The molecule has 1 atom stereocenters. The maximum absolute atomic E-state index is 13.9. The summed E-state index contributed by atoms with van der Waals surface area (Å²) in [5, 5.41) is 0.431. The van der Waals surface area contributed by atoms with Crippen molar-refractivity contribution in [2.45, 2.75) is 17.4 Å². The third-order valence-electron chi connectivity index (χ3n) is 3.75. The molecule has 0 radical (unpaired) electrons. The maximum Gasteiger partial charge on any atom is 0.222 e. The maximum atomic E-state index is 13.9. The molecule has 0 aromatic heterocycles. The van der Waals surface area contributed by atoms with Crippen LogP contribution < -0.4 is 0 Å². The van der Waals surface area contributed by atoms with Gasteiger partial charge in [0.1, 0.15) is 17.2 Å². The van der Waals surface area contributed by atoms with Gasteiger partial charge in [-0.3, -0.25) is 0 Å². The molecule has 1 unspecified atom stereocenters. The van der Waals surface area contributed by atoms with Crippen LogP contribution in [-0.2, 0) is 14.6 Å². The number of nitrogens with zero attached hydrogens (tertiary/aromatic N) is 1. The largest absolute Gasteiger partial charge is 0.477 e. The summed E-state index contributed by atoms with van der Waals surface area (Å²) in [6.45, 7) is 0.132. The van der Waals surface area contributed by atoms with E-state index < -0.39 is 27.5 Å². The molecule has 0 amide bonds. The Balaban J connectivity index is 1.87. The fourth-order valence-electron chi connectivity index (χ4n) is 2.51. The molecule has 0 saturated carbocycles. The molecule has 0 aliphatic carbocycles. The van der Waals surface area contributed by atoms with Crippen molar-refractivity contribution < 1.29 is 21.9 Å². The molecule has 0 spiro atoms. The van der Waals surface area contributed by atoms with Crippen LogP contribution in [0.2, 0.25) is 5.02 Å².